The Morgan fingerprint density at radius 3 is 2.53 bits per heavy atom. The number of alkyl halides is 3. The van der Waals surface area contributed by atoms with Crippen LogP contribution in [-0.4, -0.2) is 50.8 Å². The average Bonchev–Trinajstić information content (AvgIpc) is 2.78. The van der Waals surface area contributed by atoms with Crippen molar-refractivity contribution >= 4 is 17.4 Å². The summed E-state index contributed by atoms with van der Waals surface area (Å²) in [6.07, 6.45) is -4.50. The summed E-state index contributed by atoms with van der Waals surface area (Å²) in [7, 11) is 2.03. The molecule has 0 unspecified atom stereocenters. The second kappa shape index (κ2) is 10.7. The van der Waals surface area contributed by atoms with Gasteiger partial charge < -0.3 is 25.2 Å². The Morgan fingerprint density at radius 1 is 1.12 bits per heavy atom. The minimum Gasteiger partial charge on any atom is -0.378 e. The molecule has 0 aromatic heterocycles. The first kappa shape index (κ1) is 23.9. The van der Waals surface area contributed by atoms with Crippen LogP contribution < -0.4 is 15.5 Å². The molecule has 6 nitrogen and oxygen atoms in total. The lowest BCUT2D eigenvalue weighted by atomic mass is 10.1. The average molecular weight is 451 g/mol. The highest BCUT2D eigenvalue weighted by molar-refractivity contribution is 5.93. The number of nitrogens with one attached hydrogen (secondary N) is 2. The fourth-order valence-corrected chi connectivity index (χ4v) is 3.50. The van der Waals surface area contributed by atoms with Crippen molar-refractivity contribution in [3.8, 4) is 0 Å². The third-order valence-electron chi connectivity index (χ3n) is 5.36. The van der Waals surface area contributed by atoms with Crippen LogP contribution in [0.15, 0.2) is 42.5 Å². The van der Waals surface area contributed by atoms with E-state index in [1.54, 1.807) is 0 Å². The first-order valence-corrected chi connectivity index (χ1v) is 10.6. The van der Waals surface area contributed by atoms with Gasteiger partial charge in [-0.1, -0.05) is 31.2 Å². The molecule has 32 heavy (non-hydrogen) atoms. The van der Waals surface area contributed by atoms with Crippen LogP contribution in [0.2, 0.25) is 0 Å². The maximum Gasteiger partial charge on any atom is 0.416 e. The molecule has 2 aromatic rings. The zero-order valence-electron chi connectivity index (χ0n) is 18.3. The molecule has 0 spiro atoms. The van der Waals surface area contributed by atoms with E-state index in [9.17, 15) is 18.0 Å². The van der Waals surface area contributed by atoms with Crippen molar-refractivity contribution in [2.45, 2.75) is 26.2 Å². The summed E-state index contributed by atoms with van der Waals surface area (Å²) in [5.74, 6) is 0. The molecule has 0 radical (unpaired) electrons. The smallest absolute Gasteiger partial charge is 0.378 e. The van der Waals surface area contributed by atoms with Crippen LogP contribution in [0.4, 0.5) is 29.3 Å². The van der Waals surface area contributed by atoms with Crippen molar-refractivity contribution in [2.24, 2.45) is 0 Å². The number of anilines is 2. The maximum atomic E-state index is 13.2. The van der Waals surface area contributed by atoms with Gasteiger partial charge in [0.15, 0.2) is 0 Å². The first-order valence-electron chi connectivity index (χ1n) is 10.6. The SMILES string of the molecule is CCN(C)Cc1cccc(CNC(=O)Nc2cc(C(F)(F)F)ccc2N2CCOCC2)c1. The first-order chi connectivity index (χ1) is 15.3. The van der Waals surface area contributed by atoms with Gasteiger partial charge in [0, 0.05) is 26.2 Å². The number of rotatable bonds is 7. The number of hydrogen-bond acceptors (Lipinski definition) is 4. The second-order valence-corrected chi connectivity index (χ2v) is 7.79. The molecule has 1 fully saturated rings. The molecule has 2 amide bonds. The van der Waals surface area contributed by atoms with Gasteiger partial charge in [-0.2, -0.15) is 13.2 Å². The Balaban J connectivity index is 1.70. The van der Waals surface area contributed by atoms with Crippen molar-refractivity contribution in [3.63, 3.8) is 0 Å². The van der Waals surface area contributed by atoms with E-state index in [1.807, 2.05) is 36.2 Å². The Bertz CT molecular complexity index is 914. The minimum absolute atomic E-state index is 0.123. The van der Waals surface area contributed by atoms with E-state index in [1.165, 1.54) is 6.07 Å². The molecule has 2 N–H and O–H groups in total. The normalized spacial score (nSPS) is 14.5. The van der Waals surface area contributed by atoms with Gasteiger partial charge in [-0.3, -0.25) is 0 Å². The van der Waals surface area contributed by atoms with E-state index in [0.717, 1.165) is 36.3 Å². The number of nitrogens with zero attached hydrogens (tertiary/aromatic N) is 2. The van der Waals surface area contributed by atoms with Gasteiger partial charge in [-0.25, -0.2) is 4.79 Å². The molecule has 1 aliphatic rings. The summed E-state index contributed by atoms with van der Waals surface area (Å²) in [4.78, 5) is 16.6. The van der Waals surface area contributed by atoms with Gasteiger partial charge in [0.1, 0.15) is 0 Å². The highest BCUT2D eigenvalue weighted by Gasteiger charge is 2.32. The van der Waals surface area contributed by atoms with E-state index < -0.39 is 17.8 Å². The topological polar surface area (TPSA) is 56.8 Å². The lowest BCUT2D eigenvalue weighted by molar-refractivity contribution is -0.137. The Kier molecular flexibility index (Phi) is 7.98. The summed E-state index contributed by atoms with van der Waals surface area (Å²) in [5.41, 5.74) is 1.90. The van der Waals surface area contributed by atoms with Crippen LogP contribution >= 0.6 is 0 Å². The molecule has 174 valence electrons. The molecule has 3 rings (SSSR count). The summed E-state index contributed by atoms with van der Waals surface area (Å²) in [5, 5.41) is 5.35. The lowest BCUT2D eigenvalue weighted by Crippen LogP contribution is -2.37. The number of amides is 2. The molecule has 2 aromatic carbocycles. The van der Waals surface area contributed by atoms with E-state index in [-0.39, 0.29) is 12.2 Å². The Labute approximate surface area is 186 Å². The minimum atomic E-state index is -4.50. The quantitative estimate of drug-likeness (QED) is 0.660. The summed E-state index contributed by atoms with van der Waals surface area (Å²) < 4.78 is 45.0. The zero-order chi connectivity index (χ0) is 23.1. The fraction of sp³-hybridized carbons (Fsp3) is 0.435. The highest BCUT2D eigenvalue weighted by Crippen LogP contribution is 2.35. The monoisotopic (exact) mass is 450 g/mol. The van der Waals surface area contributed by atoms with Crippen LogP contribution in [0.1, 0.15) is 23.6 Å². The van der Waals surface area contributed by atoms with Crippen LogP contribution in [0.3, 0.4) is 0 Å². The van der Waals surface area contributed by atoms with Crippen molar-refractivity contribution < 1.29 is 22.7 Å². The van der Waals surface area contributed by atoms with Crippen LogP contribution in [0.25, 0.3) is 0 Å². The number of urea groups is 1. The van der Waals surface area contributed by atoms with Crippen LogP contribution in [0, 0.1) is 0 Å². The summed E-state index contributed by atoms with van der Waals surface area (Å²) in [6, 6.07) is 10.7. The van der Waals surface area contributed by atoms with Gasteiger partial charge in [0.05, 0.1) is 30.2 Å². The summed E-state index contributed by atoms with van der Waals surface area (Å²) in [6.45, 7) is 6.11. The van der Waals surface area contributed by atoms with Crippen molar-refractivity contribution in [3.05, 3.63) is 59.2 Å². The van der Waals surface area contributed by atoms with E-state index in [0.29, 0.717) is 32.0 Å². The molecule has 1 saturated heterocycles. The van der Waals surface area contributed by atoms with Gasteiger partial charge in [-0.15, -0.1) is 0 Å². The van der Waals surface area contributed by atoms with Gasteiger partial charge in [0.2, 0.25) is 0 Å². The van der Waals surface area contributed by atoms with Crippen molar-refractivity contribution in [1.82, 2.24) is 10.2 Å². The number of carbonyl (C=O) groups excluding carboxylic acids is 1. The summed E-state index contributed by atoms with van der Waals surface area (Å²) >= 11 is 0. The third kappa shape index (κ3) is 6.61. The van der Waals surface area contributed by atoms with Gasteiger partial charge in [0.25, 0.3) is 0 Å². The number of hydrogen-bond donors (Lipinski definition) is 2. The van der Waals surface area contributed by atoms with Crippen LogP contribution in [-0.2, 0) is 24.0 Å². The molecule has 9 heteroatoms. The number of ether oxygens (including phenoxy) is 1. The van der Waals surface area contributed by atoms with Crippen LogP contribution in [0.5, 0.6) is 0 Å². The molecular weight excluding hydrogens is 421 g/mol. The number of benzene rings is 2. The lowest BCUT2D eigenvalue weighted by Gasteiger charge is -2.31. The highest BCUT2D eigenvalue weighted by atomic mass is 19.4. The predicted octanol–water partition coefficient (Wildman–Crippen LogP) is 4.32. The maximum absolute atomic E-state index is 13.2. The second-order valence-electron chi connectivity index (χ2n) is 7.79. The molecule has 0 atom stereocenters. The number of halogens is 3. The standard InChI is InChI=1S/C23H29F3N4O2/c1-3-29(2)16-18-6-4-5-17(13-18)15-27-22(31)28-20-14-19(23(24,25)26)7-8-21(20)30-9-11-32-12-10-30/h4-8,13-14H,3,9-12,15-16H2,1-2H3,(H2,27,28,31). The Hall–Kier alpha value is -2.78. The molecule has 0 bridgehead atoms. The molecule has 1 aliphatic heterocycles. The Morgan fingerprint density at radius 2 is 1.84 bits per heavy atom. The fourth-order valence-electron chi connectivity index (χ4n) is 3.50. The third-order valence-corrected chi connectivity index (χ3v) is 5.36. The van der Waals surface area contributed by atoms with E-state index in [2.05, 4.69) is 22.5 Å². The molecule has 0 aliphatic carbocycles. The zero-order valence-corrected chi connectivity index (χ0v) is 18.3. The van der Waals surface area contributed by atoms with E-state index >= 15 is 0 Å². The van der Waals surface area contributed by atoms with Gasteiger partial charge in [-0.05, 0) is 42.9 Å². The van der Waals surface area contributed by atoms with Crippen molar-refractivity contribution in [1.29, 1.82) is 0 Å². The largest absolute Gasteiger partial charge is 0.416 e. The van der Waals surface area contributed by atoms with Gasteiger partial charge >= 0.3 is 12.2 Å². The van der Waals surface area contributed by atoms with E-state index in [4.69, 9.17) is 4.74 Å². The predicted molar refractivity (Wildman–Crippen MR) is 119 cm³/mol. The van der Waals surface area contributed by atoms with Crippen molar-refractivity contribution in [2.75, 3.05) is 50.1 Å². The number of carbonyl (C=O) groups is 1. The molecular formula is C23H29F3N4O2. The molecule has 0 saturated carbocycles. The number of morpholine rings is 1. The molecule has 1 heterocycles.